The summed E-state index contributed by atoms with van der Waals surface area (Å²) in [6.07, 6.45) is 0.917. The van der Waals surface area contributed by atoms with Crippen LogP contribution >= 0.6 is 0 Å². The van der Waals surface area contributed by atoms with Crippen LogP contribution in [0.25, 0.3) is 10.9 Å². The summed E-state index contributed by atoms with van der Waals surface area (Å²) in [5, 5.41) is 4.00. The first-order chi connectivity index (χ1) is 15.0. The SMILES string of the molecule is Cc1[nH]c2ccccc2c1[C@@H]1c2ccccc2C(=O)N1CC(=O)NCCCOC(C)C. The molecule has 3 aromatic rings. The van der Waals surface area contributed by atoms with Crippen LogP contribution < -0.4 is 5.32 Å². The van der Waals surface area contributed by atoms with E-state index in [4.69, 9.17) is 4.74 Å². The zero-order chi connectivity index (χ0) is 22.0. The Balaban J connectivity index is 1.59. The Hall–Kier alpha value is -3.12. The van der Waals surface area contributed by atoms with E-state index >= 15 is 0 Å². The number of nitrogens with one attached hydrogen (secondary N) is 2. The second kappa shape index (κ2) is 8.94. The molecule has 0 saturated heterocycles. The van der Waals surface area contributed by atoms with Crippen molar-refractivity contribution in [1.29, 1.82) is 0 Å². The summed E-state index contributed by atoms with van der Waals surface area (Å²) in [6, 6.07) is 15.4. The van der Waals surface area contributed by atoms with Gasteiger partial charge in [-0.3, -0.25) is 9.59 Å². The number of carbonyl (C=O) groups is 2. The highest BCUT2D eigenvalue weighted by molar-refractivity contribution is 6.02. The van der Waals surface area contributed by atoms with Crippen molar-refractivity contribution in [1.82, 2.24) is 15.2 Å². The van der Waals surface area contributed by atoms with Gasteiger partial charge in [-0.1, -0.05) is 36.4 Å². The molecule has 162 valence electrons. The summed E-state index contributed by atoms with van der Waals surface area (Å²) in [7, 11) is 0. The highest BCUT2D eigenvalue weighted by Gasteiger charge is 2.40. The Labute approximate surface area is 182 Å². The standard InChI is InChI=1S/C25H29N3O3/c1-16(2)31-14-8-13-26-22(29)15-28-24(18-9-4-5-10-19(18)25(28)30)23-17(3)27-21-12-7-6-11-20(21)23/h4-7,9-12,16,24,27H,8,13-15H2,1-3H3,(H,26,29)/t24-/m0/s1. The van der Waals surface area contributed by atoms with Crippen molar-refractivity contribution in [2.24, 2.45) is 0 Å². The molecule has 6 nitrogen and oxygen atoms in total. The van der Waals surface area contributed by atoms with Crippen LogP contribution in [0.15, 0.2) is 48.5 Å². The van der Waals surface area contributed by atoms with E-state index in [0.717, 1.165) is 34.1 Å². The van der Waals surface area contributed by atoms with Gasteiger partial charge in [-0.15, -0.1) is 0 Å². The molecule has 0 aliphatic carbocycles. The number of nitrogens with zero attached hydrogens (tertiary/aromatic N) is 1. The lowest BCUT2D eigenvalue weighted by atomic mass is 9.95. The van der Waals surface area contributed by atoms with E-state index in [1.165, 1.54) is 0 Å². The lowest BCUT2D eigenvalue weighted by Gasteiger charge is -2.25. The first kappa shape index (κ1) is 21.1. The highest BCUT2D eigenvalue weighted by Crippen LogP contribution is 2.42. The second-order valence-electron chi connectivity index (χ2n) is 8.26. The number of hydrogen-bond acceptors (Lipinski definition) is 3. The number of amides is 2. The summed E-state index contributed by atoms with van der Waals surface area (Å²) in [5.74, 6) is -0.267. The first-order valence-corrected chi connectivity index (χ1v) is 10.8. The van der Waals surface area contributed by atoms with E-state index in [2.05, 4.69) is 16.4 Å². The molecule has 2 amide bonds. The minimum atomic E-state index is -0.296. The molecule has 0 fully saturated rings. The number of carbonyl (C=O) groups excluding carboxylic acids is 2. The quantitative estimate of drug-likeness (QED) is 0.543. The molecular formula is C25H29N3O3. The minimum Gasteiger partial charge on any atom is -0.379 e. The Kier molecular flexibility index (Phi) is 6.09. The molecule has 0 saturated carbocycles. The maximum Gasteiger partial charge on any atom is 0.255 e. The van der Waals surface area contributed by atoms with Gasteiger partial charge in [0.05, 0.1) is 12.1 Å². The van der Waals surface area contributed by atoms with Crippen molar-refractivity contribution in [3.05, 3.63) is 70.9 Å². The smallest absolute Gasteiger partial charge is 0.255 e. The van der Waals surface area contributed by atoms with Crippen molar-refractivity contribution in [3.8, 4) is 0 Å². The number of rotatable bonds is 8. The zero-order valence-corrected chi connectivity index (χ0v) is 18.3. The van der Waals surface area contributed by atoms with Gasteiger partial charge in [-0.2, -0.15) is 0 Å². The molecule has 31 heavy (non-hydrogen) atoms. The van der Waals surface area contributed by atoms with Crippen LogP contribution in [0, 0.1) is 6.92 Å². The van der Waals surface area contributed by atoms with E-state index in [1.54, 1.807) is 4.90 Å². The Bertz CT molecular complexity index is 1100. The largest absolute Gasteiger partial charge is 0.379 e. The van der Waals surface area contributed by atoms with Crippen LogP contribution in [-0.2, 0) is 9.53 Å². The minimum absolute atomic E-state index is 0.0160. The van der Waals surface area contributed by atoms with E-state index in [0.29, 0.717) is 18.7 Å². The van der Waals surface area contributed by atoms with Crippen LogP contribution in [0.3, 0.4) is 0 Å². The lowest BCUT2D eigenvalue weighted by Crippen LogP contribution is -2.40. The Morgan fingerprint density at radius 2 is 1.90 bits per heavy atom. The number of benzene rings is 2. The molecule has 4 rings (SSSR count). The Morgan fingerprint density at radius 1 is 1.16 bits per heavy atom. The normalized spacial score (nSPS) is 15.7. The van der Waals surface area contributed by atoms with Crippen LogP contribution in [0.1, 0.15) is 53.5 Å². The molecule has 2 aromatic carbocycles. The summed E-state index contributed by atoms with van der Waals surface area (Å²) in [5.41, 5.74) is 4.69. The van der Waals surface area contributed by atoms with Crippen molar-refractivity contribution < 1.29 is 14.3 Å². The molecule has 1 aliphatic rings. The van der Waals surface area contributed by atoms with Crippen molar-refractivity contribution >= 4 is 22.7 Å². The molecule has 2 N–H and O–H groups in total. The third-order valence-corrected chi connectivity index (χ3v) is 5.68. The average Bonchev–Trinajstić information content (AvgIpc) is 3.21. The topological polar surface area (TPSA) is 74.4 Å². The van der Waals surface area contributed by atoms with Gasteiger partial charge in [0.15, 0.2) is 0 Å². The maximum atomic E-state index is 13.3. The van der Waals surface area contributed by atoms with Crippen LogP contribution in [0.4, 0.5) is 0 Å². The summed E-state index contributed by atoms with van der Waals surface area (Å²) in [6.45, 7) is 7.14. The number of fused-ring (bicyclic) bond motifs is 2. The van der Waals surface area contributed by atoms with Gasteiger partial charge in [0.2, 0.25) is 5.91 Å². The van der Waals surface area contributed by atoms with E-state index in [1.807, 2.05) is 63.2 Å². The number of hydrogen-bond donors (Lipinski definition) is 2. The third kappa shape index (κ3) is 4.21. The van der Waals surface area contributed by atoms with Crippen LogP contribution in [0.2, 0.25) is 0 Å². The second-order valence-corrected chi connectivity index (χ2v) is 8.26. The number of aromatic amines is 1. The molecule has 6 heteroatoms. The molecule has 0 spiro atoms. The van der Waals surface area contributed by atoms with Crippen LogP contribution in [0.5, 0.6) is 0 Å². The fraction of sp³-hybridized carbons (Fsp3) is 0.360. The fourth-order valence-electron chi connectivity index (χ4n) is 4.32. The summed E-state index contributed by atoms with van der Waals surface area (Å²) >= 11 is 0. The third-order valence-electron chi connectivity index (χ3n) is 5.68. The first-order valence-electron chi connectivity index (χ1n) is 10.8. The maximum absolute atomic E-state index is 13.3. The molecule has 1 aliphatic heterocycles. The number of para-hydroxylation sites is 1. The van der Waals surface area contributed by atoms with Gasteiger partial charge in [0.1, 0.15) is 6.54 Å². The molecule has 0 radical (unpaired) electrons. The van der Waals surface area contributed by atoms with Crippen LogP contribution in [-0.4, -0.2) is 47.5 Å². The number of H-pyrrole nitrogens is 1. The molecule has 1 aromatic heterocycles. The van der Waals surface area contributed by atoms with Crippen molar-refractivity contribution in [2.45, 2.75) is 39.3 Å². The average molecular weight is 420 g/mol. The van der Waals surface area contributed by atoms with Gasteiger partial charge in [0, 0.05) is 40.9 Å². The molecule has 0 unspecified atom stereocenters. The van der Waals surface area contributed by atoms with Crippen molar-refractivity contribution in [3.63, 3.8) is 0 Å². The summed E-state index contributed by atoms with van der Waals surface area (Å²) < 4.78 is 5.52. The zero-order valence-electron chi connectivity index (χ0n) is 18.3. The number of ether oxygens (including phenoxy) is 1. The summed E-state index contributed by atoms with van der Waals surface area (Å²) in [4.78, 5) is 31.1. The van der Waals surface area contributed by atoms with Crippen molar-refractivity contribution in [2.75, 3.05) is 19.7 Å². The fourth-order valence-corrected chi connectivity index (χ4v) is 4.32. The van der Waals surface area contributed by atoms with Gasteiger partial charge >= 0.3 is 0 Å². The monoisotopic (exact) mass is 419 g/mol. The Morgan fingerprint density at radius 3 is 2.71 bits per heavy atom. The van der Waals surface area contributed by atoms with E-state index < -0.39 is 0 Å². The van der Waals surface area contributed by atoms with E-state index in [-0.39, 0.29) is 30.5 Å². The molecule has 0 bridgehead atoms. The molecule has 1 atom stereocenters. The predicted octanol–water partition coefficient (Wildman–Crippen LogP) is 3.95. The number of aryl methyl sites for hydroxylation is 1. The molecular weight excluding hydrogens is 390 g/mol. The van der Waals surface area contributed by atoms with Gasteiger partial charge < -0.3 is 19.9 Å². The van der Waals surface area contributed by atoms with Gasteiger partial charge in [-0.25, -0.2) is 0 Å². The van der Waals surface area contributed by atoms with E-state index in [9.17, 15) is 9.59 Å². The molecule has 2 heterocycles. The number of aromatic nitrogens is 1. The lowest BCUT2D eigenvalue weighted by molar-refractivity contribution is -0.122. The highest BCUT2D eigenvalue weighted by atomic mass is 16.5. The predicted molar refractivity (Wildman–Crippen MR) is 121 cm³/mol. The van der Waals surface area contributed by atoms with Gasteiger partial charge in [-0.05, 0) is 44.9 Å². The van der Waals surface area contributed by atoms with Gasteiger partial charge in [0.25, 0.3) is 5.91 Å².